The van der Waals surface area contributed by atoms with Gasteiger partial charge < -0.3 is 25.1 Å². The molecule has 0 aliphatic heterocycles. The largest absolute Gasteiger partial charge is 0.481 e. The Morgan fingerprint density at radius 1 is 0.898 bits per heavy atom. The highest BCUT2D eigenvalue weighted by Gasteiger charge is 2.38. The van der Waals surface area contributed by atoms with Crippen LogP contribution in [0.1, 0.15) is 52.4 Å². The van der Waals surface area contributed by atoms with Crippen LogP contribution in [0.3, 0.4) is 0 Å². The lowest BCUT2D eigenvalue weighted by molar-refractivity contribution is -0.141. The van der Waals surface area contributed by atoms with Gasteiger partial charge in [-0.1, -0.05) is 85.6 Å². The first kappa shape index (κ1) is 35.3. The first-order valence-corrected chi connectivity index (χ1v) is 16.4. The number of carbonyl (C=O) groups is 5. The summed E-state index contributed by atoms with van der Waals surface area (Å²) in [5.74, 6) is -4.68. The second kappa shape index (κ2) is 15.5. The summed E-state index contributed by atoms with van der Waals surface area (Å²) in [6.07, 6.45) is 1.38. The fourth-order valence-corrected chi connectivity index (χ4v) is 6.40. The Bertz CT molecular complexity index is 1830. The summed E-state index contributed by atoms with van der Waals surface area (Å²) in [6.45, 7) is 3.08. The molecule has 0 fully saturated rings. The number of hydrogen-bond acceptors (Lipinski definition) is 7. The highest BCUT2D eigenvalue weighted by molar-refractivity contribution is 6.39. The van der Waals surface area contributed by atoms with Gasteiger partial charge in [-0.05, 0) is 54.2 Å². The molecule has 13 heteroatoms. The molecule has 2 atom stereocenters. The number of Topliss-reactive ketones (excluding diaryl/α,β-unsaturated/α-hetero) is 1. The van der Waals surface area contributed by atoms with Crippen LogP contribution in [0.15, 0.2) is 83.4 Å². The van der Waals surface area contributed by atoms with Gasteiger partial charge >= 0.3 is 5.97 Å². The summed E-state index contributed by atoms with van der Waals surface area (Å²) in [5.41, 5.74) is 2.72. The molecule has 5 rings (SSSR count). The molecule has 1 aromatic heterocycles. The molecule has 0 saturated heterocycles. The highest BCUT2D eigenvalue weighted by atomic mass is 35.5. The maximum atomic E-state index is 14.3. The normalized spacial score (nSPS) is 13.7. The first-order chi connectivity index (χ1) is 23.4. The second-order valence-electron chi connectivity index (χ2n) is 12.1. The van der Waals surface area contributed by atoms with Gasteiger partial charge in [0, 0.05) is 11.6 Å². The van der Waals surface area contributed by atoms with Crippen LogP contribution in [0.5, 0.6) is 0 Å². The second-order valence-corrected chi connectivity index (χ2v) is 12.9. The van der Waals surface area contributed by atoms with Crippen LogP contribution in [0.25, 0.3) is 11.3 Å². The van der Waals surface area contributed by atoms with Crippen molar-refractivity contribution in [3.63, 3.8) is 0 Å². The summed E-state index contributed by atoms with van der Waals surface area (Å²) < 4.78 is 5.63. The molecule has 0 bridgehead atoms. The van der Waals surface area contributed by atoms with E-state index in [9.17, 15) is 29.1 Å². The van der Waals surface area contributed by atoms with Gasteiger partial charge in [0.1, 0.15) is 12.1 Å². The Balaban J connectivity index is 1.38. The number of nitrogens with one attached hydrogen (secondary N) is 2. The van der Waals surface area contributed by atoms with Crippen LogP contribution >= 0.6 is 23.2 Å². The standard InChI is InChI=1S/C36H34Cl2N4O7/c1-20(2)32(41-34(47)21-9-4-3-5-10-21)36(48)42(24-15-22-11-6-7-12-23(22)16-24)19-29(43)40-27(17-30(44)45)33(46)35-39-18-28(49-35)31-25(37)13-8-14-26(31)38/h3-14,18,20,24,27,32H,15-17,19H2,1-2H3,(H,40,43)(H,41,47)(H,44,45)/t27-,32-/m0/s1. The summed E-state index contributed by atoms with van der Waals surface area (Å²) in [4.78, 5) is 71.7. The van der Waals surface area contributed by atoms with E-state index in [-0.39, 0.29) is 21.7 Å². The van der Waals surface area contributed by atoms with Crippen molar-refractivity contribution < 1.29 is 33.5 Å². The predicted molar refractivity (Wildman–Crippen MR) is 182 cm³/mol. The smallest absolute Gasteiger partial charge is 0.305 e. The van der Waals surface area contributed by atoms with Gasteiger partial charge in [-0.15, -0.1) is 0 Å². The highest BCUT2D eigenvalue weighted by Crippen LogP contribution is 2.35. The number of fused-ring (bicyclic) bond motifs is 1. The summed E-state index contributed by atoms with van der Waals surface area (Å²) in [5, 5.41) is 15.4. The van der Waals surface area contributed by atoms with Crippen LogP contribution in [-0.4, -0.2) is 69.1 Å². The number of ketones is 1. The van der Waals surface area contributed by atoms with Crippen molar-refractivity contribution in [1.82, 2.24) is 20.5 Å². The number of carboxylic acid groups (broad SMARTS) is 1. The third kappa shape index (κ3) is 8.36. The summed E-state index contributed by atoms with van der Waals surface area (Å²) >= 11 is 12.5. The molecule has 254 valence electrons. The quantitative estimate of drug-likeness (QED) is 0.159. The van der Waals surface area contributed by atoms with Crippen molar-refractivity contribution in [3.05, 3.63) is 112 Å². The van der Waals surface area contributed by atoms with E-state index in [4.69, 9.17) is 27.6 Å². The summed E-state index contributed by atoms with van der Waals surface area (Å²) in [6, 6.07) is 18.0. The molecule has 0 spiro atoms. The number of oxazole rings is 1. The average Bonchev–Trinajstić information content (AvgIpc) is 3.73. The monoisotopic (exact) mass is 704 g/mol. The van der Waals surface area contributed by atoms with Crippen LogP contribution in [-0.2, 0) is 27.2 Å². The molecule has 49 heavy (non-hydrogen) atoms. The maximum absolute atomic E-state index is 14.3. The molecule has 0 unspecified atom stereocenters. The number of amides is 3. The number of rotatable bonds is 13. The minimum atomic E-state index is -1.57. The van der Waals surface area contributed by atoms with E-state index in [0.29, 0.717) is 24.0 Å². The molecule has 1 heterocycles. The Morgan fingerprint density at radius 3 is 2.10 bits per heavy atom. The third-order valence-corrected chi connectivity index (χ3v) is 8.91. The van der Waals surface area contributed by atoms with Crippen molar-refractivity contribution in [2.45, 2.75) is 51.2 Å². The Kier molecular flexibility index (Phi) is 11.2. The third-order valence-electron chi connectivity index (χ3n) is 8.28. The van der Waals surface area contributed by atoms with E-state index in [2.05, 4.69) is 15.6 Å². The molecule has 0 radical (unpaired) electrons. The van der Waals surface area contributed by atoms with Crippen molar-refractivity contribution >= 4 is 52.7 Å². The molecule has 3 aromatic carbocycles. The molecule has 1 aliphatic rings. The molecule has 11 nitrogen and oxygen atoms in total. The van der Waals surface area contributed by atoms with Crippen molar-refractivity contribution in [3.8, 4) is 11.3 Å². The molecule has 4 aromatic rings. The molecular weight excluding hydrogens is 671 g/mol. The Labute approximate surface area is 292 Å². The number of halogens is 2. The fourth-order valence-electron chi connectivity index (χ4n) is 5.81. The lowest BCUT2D eigenvalue weighted by Crippen LogP contribution is -2.57. The van der Waals surface area contributed by atoms with E-state index in [0.717, 1.165) is 11.1 Å². The van der Waals surface area contributed by atoms with Crippen LogP contribution < -0.4 is 10.6 Å². The van der Waals surface area contributed by atoms with Crippen LogP contribution in [0, 0.1) is 5.92 Å². The number of carbonyl (C=O) groups excluding carboxylic acids is 4. The number of aromatic nitrogens is 1. The molecule has 1 aliphatic carbocycles. The van der Waals surface area contributed by atoms with E-state index in [1.165, 1.54) is 11.1 Å². The zero-order chi connectivity index (χ0) is 35.2. The van der Waals surface area contributed by atoms with Crippen molar-refractivity contribution in [2.75, 3.05) is 6.54 Å². The van der Waals surface area contributed by atoms with E-state index >= 15 is 0 Å². The number of aliphatic carboxylic acids is 1. The Morgan fingerprint density at radius 2 is 1.51 bits per heavy atom. The number of nitrogens with zero attached hydrogens (tertiary/aromatic N) is 2. The number of benzene rings is 3. The average molecular weight is 706 g/mol. The van der Waals surface area contributed by atoms with Gasteiger partial charge in [0.2, 0.25) is 17.6 Å². The SMILES string of the molecule is CC(C)[C@H](NC(=O)c1ccccc1)C(=O)N(CC(=O)N[C@@H](CC(=O)O)C(=O)c1ncc(-c2c(Cl)cccc2Cl)o1)C1Cc2ccccc2C1. The van der Waals surface area contributed by atoms with Gasteiger partial charge in [0.15, 0.2) is 5.76 Å². The molecular formula is C36H34Cl2N4O7. The van der Waals surface area contributed by atoms with Gasteiger partial charge in [0.05, 0.1) is 34.8 Å². The minimum absolute atomic E-state index is 0.0780. The minimum Gasteiger partial charge on any atom is -0.481 e. The van der Waals surface area contributed by atoms with E-state index in [1.807, 2.05) is 24.3 Å². The van der Waals surface area contributed by atoms with Crippen molar-refractivity contribution in [2.24, 2.45) is 5.92 Å². The molecule has 3 N–H and O–H groups in total. The van der Waals surface area contributed by atoms with Gasteiger partial charge in [-0.2, -0.15) is 0 Å². The van der Waals surface area contributed by atoms with Crippen LogP contribution in [0.2, 0.25) is 10.0 Å². The fraction of sp³-hybridized carbons (Fsp3) is 0.278. The van der Waals surface area contributed by atoms with E-state index < -0.39 is 66.5 Å². The Hall–Kier alpha value is -5.00. The lowest BCUT2D eigenvalue weighted by Gasteiger charge is -2.34. The zero-order valence-corrected chi connectivity index (χ0v) is 28.2. The number of carboxylic acids is 1. The topological polar surface area (TPSA) is 159 Å². The van der Waals surface area contributed by atoms with Gasteiger partial charge in [-0.3, -0.25) is 24.0 Å². The molecule has 0 saturated carbocycles. The predicted octanol–water partition coefficient (Wildman–Crippen LogP) is 5.24. The van der Waals surface area contributed by atoms with Crippen LogP contribution in [0.4, 0.5) is 0 Å². The lowest BCUT2D eigenvalue weighted by atomic mass is 10.00. The first-order valence-electron chi connectivity index (χ1n) is 15.6. The van der Waals surface area contributed by atoms with Gasteiger partial charge in [-0.25, -0.2) is 4.98 Å². The van der Waals surface area contributed by atoms with Crippen molar-refractivity contribution in [1.29, 1.82) is 0 Å². The molecule has 3 amide bonds. The maximum Gasteiger partial charge on any atom is 0.305 e. The van der Waals surface area contributed by atoms with E-state index in [1.54, 1.807) is 62.4 Å². The zero-order valence-electron chi connectivity index (χ0n) is 26.7. The number of hydrogen-bond donors (Lipinski definition) is 3. The summed E-state index contributed by atoms with van der Waals surface area (Å²) in [7, 11) is 0. The van der Waals surface area contributed by atoms with Gasteiger partial charge in [0.25, 0.3) is 11.8 Å².